The largest absolute Gasteiger partial charge is 0.310 e. The van der Waals surface area contributed by atoms with Crippen molar-refractivity contribution in [2.75, 3.05) is 6.54 Å². The summed E-state index contributed by atoms with van der Waals surface area (Å²) < 4.78 is 0. The first-order chi connectivity index (χ1) is 7.57. The Labute approximate surface area is 98.4 Å². The highest BCUT2D eigenvalue weighted by Gasteiger charge is 2.29. The van der Waals surface area contributed by atoms with Crippen LogP contribution in [0.1, 0.15) is 31.4 Å². The first kappa shape index (κ1) is 11.6. The third-order valence-corrected chi connectivity index (χ3v) is 3.43. The molecule has 1 fully saturated rings. The summed E-state index contributed by atoms with van der Waals surface area (Å²) in [7, 11) is 0. The first-order valence-electron chi connectivity index (χ1n) is 6.10. The molecule has 0 aliphatic carbocycles. The normalized spacial score (nSPS) is 23.6. The molecule has 0 spiro atoms. The Morgan fingerprint density at radius 3 is 2.75 bits per heavy atom. The van der Waals surface area contributed by atoms with E-state index in [0.29, 0.717) is 11.6 Å². The van der Waals surface area contributed by atoms with Gasteiger partial charge in [-0.15, -0.1) is 0 Å². The van der Waals surface area contributed by atoms with Crippen LogP contribution in [-0.4, -0.2) is 18.1 Å². The molecule has 1 aliphatic heterocycles. The quantitative estimate of drug-likeness (QED) is 0.813. The summed E-state index contributed by atoms with van der Waals surface area (Å²) in [6.45, 7) is 8.77. The minimum atomic E-state index is 0.295. The van der Waals surface area contributed by atoms with Crippen molar-refractivity contribution in [3.8, 4) is 0 Å². The van der Waals surface area contributed by atoms with Gasteiger partial charge in [0.1, 0.15) is 0 Å². The number of nitrogens with one attached hydrogen (secondary N) is 2. The summed E-state index contributed by atoms with van der Waals surface area (Å²) in [6, 6.07) is 9.19. The van der Waals surface area contributed by atoms with Crippen LogP contribution in [-0.2, 0) is 6.54 Å². The smallest absolute Gasteiger partial charge is 0.0213 e. The van der Waals surface area contributed by atoms with Crippen LogP contribution in [0.4, 0.5) is 0 Å². The molecule has 1 aliphatic rings. The van der Waals surface area contributed by atoms with Gasteiger partial charge in [0.05, 0.1) is 0 Å². The van der Waals surface area contributed by atoms with Crippen molar-refractivity contribution in [2.24, 2.45) is 0 Å². The standard InChI is InChI=1S/C14H22N2/c1-11-6-4-5-7-12(11)9-15-13-8-14(2,3)16-10-13/h4-7,13,15-16H,8-10H2,1-3H3. The van der Waals surface area contributed by atoms with E-state index in [1.54, 1.807) is 0 Å². The molecule has 1 saturated heterocycles. The lowest BCUT2D eigenvalue weighted by atomic mass is 10.0. The Balaban J connectivity index is 1.87. The monoisotopic (exact) mass is 218 g/mol. The Hall–Kier alpha value is -0.860. The fourth-order valence-corrected chi connectivity index (χ4v) is 2.37. The van der Waals surface area contributed by atoms with Crippen molar-refractivity contribution in [2.45, 2.75) is 45.3 Å². The zero-order valence-corrected chi connectivity index (χ0v) is 10.5. The van der Waals surface area contributed by atoms with E-state index in [9.17, 15) is 0 Å². The van der Waals surface area contributed by atoms with Crippen molar-refractivity contribution in [1.82, 2.24) is 10.6 Å². The number of aryl methyl sites for hydroxylation is 1. The second-order valence-corrected chi connectivity index (χ2v) is 5.47. The average Bonchev–Trinajstić information content (AvgIpc) is 2.57. The van der Waals surface area contributed by atoms with E-state index in [1.165, 1.54) is 17.5 Å². The summed E-state index contributed by atoms with van der Waals surface area (Å²) in [5.74, 6) is 0. The highest BCUT2D eigenvalue weighted by atomic mass is 15.1. The number of hydrogen-bond donors (Lipinski definition) is 2. The lowest BCUT2D eigenvalue weighted by Crippen LogP contribution is -2.31. The SMILES string of the molecule is Cc1ccccc1CNC1CNC(C)(C)C1. The summed E-state index contributed by atoms with van der Waals surface area (Å²) in [5, 5.41) is 7.17. The van der Waals surface area contributed by atoms with E-state index >= 15 is 0 Å². The lowest BCUT2D eigenvalue weighted by molar-refractivity contribution is 0.442. The van der Waals surface area contributed by atoms with E-state index in [-0.39, 0.29) is 0 Å². The van der Waals surface area contributed by atoms with Crippen LogP contribution in [0.2, 0.25) is 0 Å². The van der Waals surface area contributed by atoms with Gasteiger partial charge in [-0.3, -0.25) is 0 Å². The summed E-state index contributed by atoms with van der Waals surface area (Å²) in [6.07, 6.45) is 1.21. The van der Waals surface area contributed by atoms with Crippen molar-refractivity contribution >= 4 is 0 Å². The minimum Gasteiger partial charge on any atom is -0.310 e. The van der Waals surface area contributed by atoms with Gasteiger partial charge in [-0.25, -0.2) is 0 Å². The fraction of sp³-hybridized carbons (Fsp3) is 0.571. The van der Waals surface area contributed by atoms with Gasteiger partial charge in [-0.05, 0) is 38.3 Å². The molecule has 2 N–H and O–H groups in total. The minimum absolute atomic E-state index is 0.295. The maximum absolute atomic E-state index is 3.63. The number of hydrogen-bond acceptors (Lipinski definition) is 2. The van der Waals surface area contributed by atoms with Crippen LogP contribution in [0.3, 0.4) is 0 Å². The maximum Gasteiger partial charge on any atom is 0.0213 e. The molecule has 0 aromatic heterocycles. The molecule has 1 unspecified atom stereocenters. The van der Waals surface area contributed by atoms with Crippen LogP contribution in [0.5, 0.6) is 0 Å². The molecule has 0 radical (unpaired) electrons. The number of rotatable bonds is 3. The van der Waals surface area contributed by atoms with E-state index in [1.807, 2.05) is 0 Å². The fourth-order valence-electron chi connectivity index (χ4n) is 2.37. The molecular formula is C14H22N2. The third-order valence-electron chi connectivity index (χ3n) is 3.43. The van der Waals surface area contributed by atoms with Gasteiger partial charge >= 0.3 is 0 Å². The van der Waals surface area contributed by atoms with Gasteiger partial charge in [0, 0.05) is 24.7 Å². The van der Waals surface area contributed by atoms with Crippen molar-refractivity contribution in [3.63, 3.8) is 0 Å². The summed E-state index contributed by atoms with van der Waals surface area (Å²) >= 11 is 0. The Morgan fingerprint density at radius 1 is 1.38 bits per heavy atom. The van der Waals surface area contributed by atoms with Crippen molar-refractivity contribution < 1.29 is 0 Å². The molecule has 2 heteroatoms. The molecule has 1 atom stereocenters. The average molecular weight is 218 g/mol. The molecule has 88 valence electrons. The van der Waals surface area contributed by atoms with Crippen LogP contribution in [0.25, 0.3) is 0 Å². The molecule has 1 aromatic rings. The second-order valence-electron chi connectivity index (χ2n) is 5.47. The molecule has 2 rings (SSSR count). The number of benzene rings is 1. The van der Waals surface area contributed by atoms with Gasteiger partial charge in [-0.1, -0.05) is 24.3 Å². The second kappa shape index (κ2) is 4.56. The topological polar surface area (TPSA) is 24.1 Å². The third kappa shape index (κ3) is 2.83. The molecule has 2 nitrogen and oxygen atoms in total. The zero-order valence-electron chi connectivity index (χ0n) is 10.5. The molecule has 1 aromatic carbocycles. The zero-order chi connectivity index (χ0) is 11.6. The Morgan fingerprint density at radius 2 is 2.12 bits per heavy atom. The molecule has 1 heterocycles. The van der Waals surface area contributed by atoms with E-state index in [0.717, 1.165) is 13.1 Å². The van der Waals surface area contributed by atoms with E-state index in [4.69, 9.17) is 0 Å². The van der Waals surface area contributed by atoms with Crippen LogP contribution < -0.4 is 10.6 Å². The van der Waals surface area contributed by atoms with Gasteiger partial charge in [0.25, 0.3) is 0 Å². The lowest BCUT2D eigenvalue weighted by Gasteiger charge is -2.18. The highest BCUT2D eigenvalue weighted by molar-refractivity contribution is 5.25. The van der Waals surface area contributed by atoms with Gasteiger partial charge in [-0.2, -0.15) is 0 Å². The maximum atomic E-state index is 3.63. The van der Waals surface area contributed by atoms with Gasteiger partial charge in [0.2, 0.25) is 0 Å². The van der Waals surface area contributed by atoms with E-state index in [2.05, 4.69) is 55.7 Å². The Bertz CT molecular complexity index is 358. The van der Waals surface area contributed by atoms with Crippen molar-refractivity contribution in [3.05, 3.63) is 35.4 Å². The Kier molecular flexibility index (Phi) is 3.31. The summed E-state index contributed by atoms with van der Waals surface area (Å²) in [5.41, 5.74) is 3.08. The molecule has 16 heavy (non-hydrogen) atoms. The molecular weight excluding hydrogens is 196 g/mol. The van der Waals surface area contributed by atoms with Crippen LogP contribution in [0, 0.1) is 6.92 Å². The summed E-state index contributed by atoms with van der Waals surface area (Å²) in [4.78, 5) is 0. The van der Waals surface area contributed by atoms with Crippen molar-refractivity contribution in [1.29, 1.82) is 0 Å². The van der Waals surface area contributed by atoms with Gasteiger partial charge in [0.15, 0.2) is 0 Å². The van der Waals surface area contributed by atoms with E-state index < -0.39 is 0 Å². The van der Waals surface area contributed by atoms with Gasteiger partial charge < -0.3 is 10.6 Å². The predicted octanol–water partition coefficient (Wildman–Crippen LogP) is 2.23. The highest BCUT2D eigenvalue weighted by Crippen LogP contribution is 2.18. The van der Waals surface area contributed by atoms with Crippen LogP contribution >= 0.6 is 0 Å². The van der Waals surface area contributed by atoms with Crippen LogP contribution in [0.15, 0.2) is 24.3 Å². The molecule has 0 amide bonds. The first-order valence-corrected chi connectivity index (χ1v) is 6.10. The predicted molar refractivity (Wildman–Crippen MR) is 68.5 cm³/mol. The molecule has 0 saturated carbocycles. The molecule has 0 bridgehead atoms.